The molecule has 0 spiro atoms. The number of aliphatic carboxylic acids is 1. The SMILES string of the molecule is COc1c(C)cc(CCC(C)(C)C(=O)O)c(C)c1C. The number of ether oxygens (including phenoxy) is 1. The van der Waals surface area contributed by atoms with Gasteiger partial charge in [0, 0.05) is 0 Å². The minimum absolute atomic E-state index is 0.633. The molecule has 106 valence electrons. The van der Waals surface area contributed by atoms with Crippen LogP contribution in [-0.2, 0) is 11.2 Å². The van der Waals surface area contributed by atoms with Crippen LogP contribution in [0.25, 0.3) is 0 Å². The van der Waals surface area contributed by atoms with Gasteiger partial charge in [-0.2, -0.15) is 0 Å². The second-order valence-electron chi connectivity index (χ2n) is 5.82. The summed E-state index contributed by atoms with van der Waals surface area (Å²) < 4.78 is 5.40. The van der Waals surface area contributed by atoms with Gasteiger partial charge in [-0.3, -0.25) is 4.79 Å². The second-order valence-corrected chi connectivity index (χ2v) is 5.82. The van der Waals surface area contributed by atoms with Crippen LogP contribution in [0.15, 0.2) is 6.07 Å². The standard InChI is InChI=1S/C16H24O3/c1-10-9-13(7-8-16(4,5)15(17)18)11(2)12(3)14(10)19-6/h9H,7-8H2,1-6H3,(H,17,18). The summed E-state index contributed by atoms with van der Waals surface area (Å²) >= 11 is 0. The summed E-state index contributed by atoms with van der Waals surface area (Å²) in [5, 5.41) is 9.16. The highest BCUT2D eigenvalue weighted by atomic mass is 16.5. The lowest BCUT2D eigenvalue weighted by molar-refractivity contribution is -0.147. The molecule has 0 saturated heterocycles. The van der Waals surface area contributed by atoms with E-state index >= 15 is 0 Å². The van der Waals surface area contributed by atoms with E-state index < -0.39 is 11.4 Å². The van der Waals surface area contributed by atoms with Crippen LogP contribution in [-0.4, -0.2) is 18.2 Å². The molecule has 0 aliphatic heterocycles. The van der Waals surface area contributed by atoms with Crippen LogP contribution in [0.4, 0.5) is 0 Å². The predicted molar refractivity (Wildman–Crippen MR) is 76.9 cm³/mol. The molecule has 1 aromatic carbocycles. The Hall–Kier alpha value is -1.51. The predicted octanol–water partition coefficient (Wildman–Crippen LogP) is 3.66. The van der Waals surface area contributed by atoms with Crippen LogP contribution >= 0.6 is 0 Å². The summed E-state index contributed by atoms with van der Waals surface area (Å²) in [6.45, 7) is 9.69. The van der Waals surface area contributed by atoms with Crippen LogP contribution < -0.4 is 4.74 Å². The van der Waals surface area contributed by atoms with Crippen molar-refractivity contribution in [2.45, 2.75) is 47.5 Å². The first-order valence-corrected chi connectivity index (χ1v) is 6.57. The summed E-state index contributed by atoms with van der Waals surface area (Å²) in [6, 6.07) is 2.11. The molecule has 3 nitrogen and oxygen atoms in total. The van der Waals surface area contributed by atoms with E-state index in [0.29, 0.717) is 6.42 Å². The van der Waals surface area contributed by atoms with E-state index in [1.165, 1.54) is 11.1 Å². The van der Waals surface area contributed by atoms with Crippen molar-refractivity contribution < 1.29 is 14.6 Å². The molecule has 0 amide bonds. The first-order valence-electron chi connectivity index (χ1n) is 6.57. The molecule has 0 radical (unpaired) electrons. The minimum atomic E-state index is -0.743. The molecular formula is C16H24O3. The summed E-state index contributed by atoms with van der Waals surface area (Å²) in [5.74, 6) is 0.186. The van der Waals surface area contributed by atoms with Crippen LogP contribution in [0, 0.1) is 26.2 Å². The van der Waals surface area contributed by atoms with Gasteiger partial charge in [-0.15, -0.1) is 0 Å². The number of benzene rings is 1. The fourth-order valence-corrected chi connectivity index (χ4v) is 2.27. The van der Waals surface area contributed by atoms with E-state index in [2.05, 4.69) is 13.0 Å². The Morgan fingerprint density at radius 1 is 1.26 bits per heavy atom. The fourth-order valence-electron chi connectivity index (χ4n) is 2.27. The van der Waals surface area contributed by atoms with E-state index in [-0.39, 0.29) is 0 Å². The van der Waals surface area contributed by atoms with Gasteiger partial charge in [0.15, 0.2) is 0 Å². The van der Waals surface area contributed by atoms with Crippen molar-refractivity contribution in [3.63, 3.8) is 0 Å². The van der Waals surface area contributed by atoms with Crippen molar-refractivity contribution in [2.24, 2.45) is 5.41 Å². The van der Waals surface area contributed by atoms with Gasteiger partial charge in [0.1, 0.15) is 5.75 Å². The van der Waals surface area contributed by atoms with Gasteiger partial charge in [-0.05, 0) is 69.7 Å². The smallest absolute Gasteiger partial charge is 0.309 e. The maximum absolute atomic E-state index is 11.1. The van der Waals surface area contributed by atoms with Crippen LogP contribution in [0.2, 0.25) is 0 Å². The molecule has 0 saturated carbocycles. The van der Waals surface area contributed by atoms with E-state index in [0.717, 1.165) is 23.3 Å². The van der Waals surface area contributed by atoms with Crippen LogP contribution in [0.5, 0.6) is 5.75 Å². The van der Waals surface area contributed by atoms with E-state index in [4.69, 9.17) is 9.84 Å². The molecule has 3 heteroatoms. The van der Waals surface area contributed by atoms with Gasteiger partial charge in [0.2, 0.25) is 0 Å². The molecule has 0 aliphatic rings. The Kier molecular flexibility index (Phi) is 4.61. The Balaban J connectivity index is 3.01. The highest BCUT2D eigenvalue weighted by molar-refractivity contribution is 5.73. The van der Waals surface area contributed by atoms with Crippen molar-refractivity contribution >= 4 is 5.97 Å². The van der Waals surface area contributed by atoms with E-state index in [1.807, 2.05) is 13.8 Å². The largest absolute Gasteiger partial charge is 0.496 e. The van der Waals surface area contributed by atoms with Crippen molar-refractivity contribution in [1.29, 1.82) is 0 Å². The third-order valence-electron chi connectivity index (χ3n) is 3.94. The van der Waals surface area contributed by atoms with E-state index in [9.17, 15) is 4.79 Å². The van der Waals surface area contributed by atoms with Gasteiger partial charge in [0.05, 0.1) is 12.5 Å². The number of carboxylic acid groups (broad SMARTS) is 1. The summed E-state index contributed by atoms with van der Waals surface area (Å²) in [6.07, 6.45) is 1.41. The Labute approximate surface area is 115 Å². The number of aryl methyl sites for hydroxylation is 2. The topological polar surface area (TPSA) is 46.5 Å². The zero-order valence-electron chi connectivity index (χ0n) is 12.8. The van der Waals surface area contributed by atoms with Crippen molar-refractivity contribution in [3.8, 4) is 5.75 Å². The maximum Gasteiger partial charge on any atom is 0.309 e. The number of hydrogen-bond donors (Lipinski definition) is 1. The minimum Gasteiger partial charge on any atom is -0.496 e. The number of carbonyl (C=O) groups is 1. The average molecular weight is 264 g/mol. The Bertz CT molecular complexity index is 487. The van der Waals surface area contributed by atoms with Gasteiger partial charge >= 0.3 is 5.97 Å². The van der Waals surface area contributed by atoms with Crippen LogP contribution in [0.3, 0.4) is 0 Å². The molecular weight excluding hydrogens is 240 g/mol. The third kappa shape index (κ3) is 3.28. The number of rotatable bonds is 5. The molecule has 0 unspecified atom stereocenters. The fraction of sp³-hybridized carbons (Fsp3) is 0.562. The van der Waals surface area contributed by atoms with Crippen molar-refractivity contribution in [3.05, 3.63) is 28.3 Å². The first kappa shape index (κ1) is 15.5. The summed E-state index contributed by atoms with van der Waals surface area (Å²) in [4.78, 5) is 11.1. The number of carboxylic acids is 1. The molecule has 1 aromatic rings. The lowest BCUT2D eigenvalue weighted by Gasteiger charge is -2.21. The summed E-state index contributed by atoms with van der Waals surface area (Å²) in [7, 11) is 1.68. The van der Waals surface area contributed by atoms with Crippen molar-refractivity contribution in [1.82, 2.24) is 0 Å². The van der Waals surface area contributed by atoms with E-state index in [1.54, 1.807) is 21.0 Å². The zero-order valence-corrected chi connectivity index (χ0v) is 12.8. The quantitative estimate of drug-likeness (QED) is 0.882. The number of methoxy groups -OCH3 is 1. The van der Waals surface area contributed by atoms with Gasteiger partial charge in [-0.25, -0.2) is 0 Å². The van der Waals surface area contributed by atoms with Gasteiger partial charge in [0.25, 0.3) is 0 Å². The Morgan fingerprint density at radius 2 is 1.84 bits per heavy atom. The molecule has 0 aromatic heterocycles. The summed E-state index contributed by atoms with van der Waals surface area (Å²) in [5.41, 5.74) is 3.97. The monoisotopic (exact) mass is 264 g/mol. The average Bonchev–Trinajstić information content (AvgIpc) is 2.32. The molecule has 0 fully saturated rings. The number of hydrogen-bond acceptors (Lipinski definition) is 2. The third-order valence-corrected chi connectivity index (χ3v) is 3.94. The van der Waals surface area contributed by atoms with Gasteiger partial charge in [-0.1, -0.05) is 6.07 Å². The zero-order chi connectivity index (χ0) is 14.8. The Morgan fingerprint density at radius 3 is 2.32 bits per heavy atom. The first-order chi connectivity index (χ1) is 8.70. The van der Waals surface area contributed by atoms with Crippen molar-refractivity contribution in [2.75, 3.05) is 7.11 Å². The van der Waals surface area contributed by atoms with Crippen LogP contribution in [0.1, 0.15) is 42.5 Å². The molecule has 0 bridgehead atoms. The molecule has 0 heterocycles. The maximum atomic E-state index is 11.1. The molecule has 0 aliphatic carbocycles. The highest BCUT2D eigenvalue weighted by Crippen LogP contribution is 2.31. The molecule has 19 heavy (non-hydrogen) atoms. The molecule has 0 atom stereocenters. The normalized spacial score (nSPS) is 11.5. The highest BCUT2D eigenvalue weighted by Gasteiger charge is 2.27. The molecule has 1 rings (SSSR count). The second kappa shape index (κ2) is 5.64. The van der Waals surface area contributed by atoms with Gasteiger partial charge < -0.3 is 9.84 Å². The lowest BCUT2D eigenvalue weighted by Crippen LogP contribution is -2.24. The molecule has 1 N–H and O–H groups in total. The lowest BCUT2D eigenvalue weighted by atomic mass is 9.84.